The molecule has 0 bridgehead atoms. The highest BCUT2D eigenvalue weighted by Crippen LogP contribution is 2.42. The Morgan fingerprint density at radius 1 is 1.27 bits per heavy atom. The summed E-state index contributed by atoms with van der Waals surface area (Å²) in [5.41, 5.74) is 0.927. The molecule has 0 N–H and O–H groups in total. The van der Waals surface area contributed by atoms with Crippen molar-refractivity contribution in [1.29, 1.82) is 0 Å². The van der Waals surface area contributed by atoms with Gasteiger partial charge in [0.05, 0.1) is 11.7 Å². The van der Waals surface area contributed by atoms with Gasteiger partial charge in [0, 0.05) is 22.0 Å². The summed E-state index contributed by atoms with van der Waals surface area (Å²) in [7, 11) is -1.03. The van der Waals surface area contributed by atoms with Crippen molar-refractivity contribution < 1.29 is 18.5 Å². The van der Waals surface area contributed by atoms with E-state index in [9.17, 15) is 9.00 Å². The van der Waals surface area contributed by atoms with Crippen LogP contribution < -0.4 is 0 Å². The van der Waals surface area contributed by atoms with Crippen LogP contribution in [0.25, 0.3) is 5.57 Å². The Morgan fingerprint density at radius 3 is 2.32 bits per heavy atom. The summed E-state index contributed by atoms with van der Waals surface area (Å²) in [5.74, 6) is -0.138. The van der Waals surface area contributed by atoms with Gasteiger partial charge in [-0.3, -0.25) is 4.21 Å². The second-order valence-corrected chi connectivity index (χ2v) is 7.20. The Kier molecular flexibility index (Phi) is 4.75. The molecule has 2 atom stereocenters. The predicted molar refractivity (Wildman–Crippen MR) is 86.7 cm³/mol. The molecule has 0 saturated heterocycles. The van der Waals surface area contributed by atoms with Gasteiger partial charge in [-0.15, -0.1) is 0 Å². The van der Waals surface area contributed by atoms with Crippen LogP contribution in [0.5, 0.6) is 0 Å². The van der Waals surface area contributed by atoms with E-state index >= 15 is 0 Å². The Hall–Kier alpha value is -1.62. The number of hydrogen-bond donors (Lipinski definition) is 0. The molecule has 2 unspecified atom stereocenters. The molecule has 0 amide bonds. The second-order valence-electron chi connectivity index (χ2n) is 5.82. The van der Waals surface area contributed by atoms with Crippen LogP contribution in [0.15, 0.2) is 34.9 Å². The van der Waals surface area contributed by atoms with Crippen LogP contribution in [0, 0.1) is 0 Å². The molecule has 1 aromatic carbocycles. The first-order valence-electron chi connectivity index (χ1n) is 7.37. The summed E-state index contributed by atoms with van der Waals surface area (Å²) in [6, 6.07) is 7.35. The number of carbonyl (C=O) groups is 1. The van der Waals surface area contributed by atoms with Crippen molar-refractivity contribution in [2.75, 3.05) is 6.26 Å². The molecule has 1 aliphatic heterocycles. The summed E-state index contributed by atoms with van der Waals surface area (Å²) < 4.78 is 22.8. The van der Waals surface area contributed by atoms with Gasteiger partial charge in [-0.25, -0.2) is 4.79 Å². The Bertz CT molecular complexity index is 631. The summed E-state index contributed by atoms with van der Waals surface area (Å²) >= 11 is 0. The van der Waals surface area contributed by atoms with E-state index in [4.69, 9.17) is 9.47 Å². The fraction of sp³-hybridized carbons (Fsp3) is 0.471. The maximum Gasteiger partial charge on any atom is 0.374 e. The zero-order valence-electron chi connectivity index (χ0n) is 13.6. The van der Waals surface area contributed by atoms with Crippen LogP contribution in [0.2, 0.25) is 0 Å². The van der Waals surface area contributed by atoms with Gasteiger partial charge in [0.1, 0.15) is 5.60 Å². The van der Waals surface area contributed by atoms with Crippen molar-refractivity contribution in [3.05, 3.63) is 35.6 Å². The van der Waals surface area contributed by atoms with Crippen LogP contribution >= 0.6 is 0 Å². The maximum absolute atomic E-state index is 12.2. The molecule has 0 aromatic heterocycles. The highest BCUT2D eigenvalue weighted by atomic mass is 32.2. The highest BCUT2D eigenvalue weighted by Gasteiger charge is 2.45. The minimum Gasteiger partial charge on any atom is -0.484 e. The Balaban J connectivity index is 2.55. The Labute approximate surface area is 134 Å². The van der Waals surface area contributed by atoms with Gasteiger partial charge in [0.25, 0.3) is 0 Å². The van der Waals surface area contributed by atoms with Crippen LogP contribution in [-0.2, 0) is 25.1 Å². The molecule has 0 saturated carbocycles. The zero-order chi connectivity index (χ0) is 16.5. The van der Waals surface area contributed by atoms with Gasteiger partial charge in [0.2, 0.25) is 5.76 Å². The number of hydrogen-bond acceptors (Lipinski definition) is 4. The molecule has 1 aliphatic rings. The molecule has 0 spiro atoms. The molecule has 0 fully saturated rings. The van der Waals surface area contributed by atoms with Gasteiger partial charge < -0.3 is 9.47 Å². The van der Waals surface area contributed by atoms with E-state index in [0.29, 0.717) is 6.42 Å². The predicted octanol–water partition coefficient (Wildman–Crippen LogP) is 3.29. The van der Waals surface area contributed by atoms with Gasteiger partial charge in [-0.05, 0) is 44.9 Å². The van der Waals surface area contributed by atoms with E-state index in [1.165, 1.54) is 0 Å². The zero-order valence-corrected chi connectivity index (χ0v) is 14.5. The molecule has 22 heavy (non-hydrogen) atoms. The van der Waals surface area contributed by atoms with Crippen molar-refractivity contribution in [2.45, 2.75) is 50.7 Å². The molecular formula is C17H22O4S. The quantitative estimate of drug-likeness (QED) is 0.781. The van der Waals surface area contributed by atoms with Gasteiger partial charge in [-0.1, -0.05) is 19.1 Å². The Morgan fingerprint density at radius 2 is 1.86 bits per heavy atom. The number of benzene rings is 1. The van der Waals surface area contributed by atoms with E-state index in [-0.39, 0.29) is 11.9 Å². The van der Waals surface area contributed by atoms with Crippen molar-refractivity contribution in [1.82, 2.24) is 0 Å². The molecule has 0 aliphatic carbocycles. The van der Waals surface area contributed by atoms with Crippen LogP contribution in [0.4, 0.5) is 0 Å². The van der Waals surface area contributed by atoms with Crippen LogP contribution in [-0.4, -0.2) is 28.1 Å². The van der Waals surface area contributed by atoms with Crippen molar-refractivity contribution >= 4 is 22.3 Å². The van der Waals surface area contributed by atoms with Crippen LogP contribution in [0.3, 0.4) is 0 Å². The minimum absolute atomic E-state index is 0.112. The van der Waals surface area contributed by atoms with Crippen molar-refractivity contribution in [2.24, 2.45) is 0 Å². The molecule has 4 nitrogen and oxygen atoms in total. The lowest BCUT2D eigenvalue weighted by Crippen LogP contribution is -2.26. The first kappa shape index (κ1) is 16.7. The minimum atomic E-state index is -1.03. The van der Waals surface area contributed by atoms with Gasteiger partial charge in [-0.2, -0.15) is 0 Å². The second kappa shape index (κ2) is 6.24. The number of esters is 1. The SMILES string of the molecule is CCC1(C)OC(=O)C(OC(C)C)=C1c1ccc(S(C)=O)cc1. The number of carbonyl (C=O) groups excluding carboxylic acids is 1. The largest absolute Gasteiger partial charge is 0.484 e. The average molecular weight is 322 g/mol. The van der Waals surface area contributed by atoms with E-state index in [1.807, 2.05) is 52.0 Å². The topological polar surface area (TPSA) is 52.6 Å². The van der Waals surface area contributed by atoms with E-state index in [0.717, 1.165) is 16.0 Å². The number of rotatable bonds is 5. The fourth-order valence-electron chi connectivity index (χ4n) is 2.49. The van der Waals surface area contributed by atoms with Crippen molar-refractivity contribution in [3.63, 3.8) is 0 Å². The summed E-state index contributed by atoms with van der Waals surface area (Å²) in [5, 5.41) is 0. The average Bonchev–Trinajstić information content (AvgIpc) is 2.70. The van der Waals surface area contributed by atoms with Crippen LogP contribution in [0.1, 0.15) is 39.7 Å². The van der Waals surface area contributed by atoms with E-state index < -0.39 is 22.4 Å². The summed E-state index contributed by atoms with van der Waals surface area (Å²) in [6.45, 7) is 7.62. The third-order valence-electron chi connectivity index (χ3n) is 3.76. The molecule has 2 rings (SSSR count). The standard InChI is InChI=1S/C17H22O4S/c1-6-17(4)14(15(16(18)21-17)20-11(2)3)12-7-9-13(10-8-12)22(5)19/h7-11H,6H2,1-5H3. The first-order chi connectivity index (χ1) is 10.3. The summed E-state index contributed by atoms with van der Waals surface area (Å²) in [6.07, 6.45) is 2.18. The third kappa shape index (κ3) is 3.09. The molecule has 1 heterocycles. The van der Waals surface area contributed by atoms with E-state index in [1.54, 1.807) is 6.26 Å². The molecular weight excluding hydrogens is 300 g/mol. The maximum atomic E-state index is 12.2. The van der Waals surface area contributed by atoms with Crippen molar-refractivity contribution in [3.8, 4) is 0 Å². The van der Waals surface area contributed by atoms with Gasteiger partial charge in [0.15, 0.2) is 0 Å². The molecule has 5 heteroatoms. The van der Waals surface area contributed by atoms with E-state index in [2.05, 4.69) is 0 Å². The number of ether oxygens (including phenoxy) is 2. The molecule has 0 radical (unpaired) electrons. The van der Waals surface area contributed by atoms with Gasteiger partial charge >= 0.3 is 5.97 Å². The lowest BCUT2D eigenvalue weighted by atomic mass is 9.88. The lowest BCUT2D eigenvalue weighted by molar-refractivity contribution is -0.148. The highest BCUT2D eigenvalue weighted by molar-refractivity contribution is 7.84. The number of cyclic esters (lactones) is 1. The first-order valence-corrected chi connectivity index (χ1v) is 8.93. The smallest absolute Gasteiger partial charge is 0.374 e. The summed E-state index contributed by atoms with van der Waals surface area (Å²) in [4.78, 5) is 12.9. The molecule has 1 aromatic rings. The normalized spacial score (nSPS) is 22.9. The third-order valence-corrected chi connectivity index (χ3v) is 4.70. The fourth-order valence-corrected chi connectivity index (χ4v) is 3.00. The monoisotopic (exact) mass is 322 g/mol. The lowest BCUT2D eigenvalue weighted by Gasteiger charge is -2.24. The molecule has 120 valence electrons.